The maximum Gasteiger partial charge on any atom is 0.174 e. The Hall–Kier alpha value is -3.42. The Balaban J connectivity index is 1.66. The fourth-order valence-corrected chi connectivity index (χ4v) is 4.81. The van der Waals surface area contributed by atoms with Gasteiger partial charge in [-0.25, -0.2) is 4.39 Å². The number of nitrogens with zero attached hydrogens (tertiary/aromatic N) is 3. The van der Waals surface area contributed by atoms with E-state index in [0.29, 0.717) is 15.9 Å². The first-order valence-electron chi connectivity index (χ1n) is 10.3. The molecule has 166 valence electrons. The number of ether oxygens (including phenoxy) is 1. The van der Waals surface area contributed by atoms with Gasteiger partial charge in [0, 0.05) is 29.5 Å². The Morgan fingerprint density at radius 2 is 1.82 bits per heavy atom. The van der Waals surface area contributed by atoms with Crippen molar-refractivity contribution in [2.75, 3.05) is 12.0 Å². The molecule has 1 N–H and O–H groups in total. The average Bonchev–Trinajstić information content (AvgIpc) is 3.44. The zero-order valence-corrected chi connectivity index (χ0v) is 19.2. The minimum atomic E-state index is -0.281. The van der Waals surface area contributed by atoms with E-state index < -0.39 is 0 Å². The number of hydrogen-bond acceptors (Lipinski definition) is 3. The Morgan fingerprint density at radius 3 is 2.52 bits per heavy atom. The third kappa shape index (κ3) is 3.94. The van der Waals surface area contributed by atoms with Crippen molar-refractivity contribution in [1.82, 2.24) is 14.9 Å². The highest BCUT2D eigenvalue weighted by molar-refractivity contribution is 7.80. The van der Waals surface area contributed by atoms with Crippen LogP contribution in [0.4, 0.5) is 10.1 Å². The molecule has 0 saturated carbocycles. The van der Waals surface area contributed by atoms with Crippen LogP contribution in [0, 0.1) is 5.82 Å². The summed E-state index contributed by atoms with van der Waals surface area (Å²) in [6.07, 6.45) is 3.72. The summed E-state index contributed by atoms with van der Waals surface area (Å²) >= 11 is 12.2. The summed E-state index contributed by atoms with van der Waals surface area (Å²) in [7, 11) is 1.58. The normalized spacial score (nSPS) is 17.8. The highest BCUT2D eigenvalue weighted by atomic mass is 35.5. The lowest BCUT2D eigenvalue weighted by Crippen LogP contribution is -2.30. The van der Waals surface area contributed by atoms with Crippen LogP contribution < -0.4 is 15.0 Å². The predicted molar refractivity (Wildman–Crippen MR) is 132 cm³/mol. The molecule has 4 aromatic rings. The molecule has 0 amide bonds. The van der Waals surface area contributed by atoms with Gasteiger partial charge in [-0.2, -0.15) is 0 Å². The fraction of sp³-hybridized carbons (Fsp3) is 0.120. The summed E-state index contributed by atoms with van der Waals surface area (Å²) in [6, 6.07) is 21.4. The smallest absolute Gasteiger partial charge is 0.174 e. The number of nitrogens with one attached hydrogen (secondary N) is 1. The molecule has 2 atom stereocenters. The molecule has 2 aromatic heterocycles. The molecule has 5 rings (SSSR count). The maximum absolute atomic E-state index is 13.6. The number of thiocarbonyl (C=S) groups is 1. The summed E-state index contributed by atoms with van der Waals surface area (Å²) < 4.78 is 20.9. The van der Waals surface area contributed by atoms with Crippen molar-refractivity contribution in [2.24, 2.45) is 0 Å². The van der Waals surface area contributed by atoms with E-state index in [1.54, 1.807) is 25.4 Å². The van der Waals surface area contributed by atoms with E-state index in [2.05, 4.69) is 10.3 Å². The number of anilines is 1. The van der Waals surface area contributed by atoms with Crippen molar-refractivity contribution in [1.29, 1.82) is 0 Å². The second kappa shape index (κ2) is 8.84. The molecule has 33 heavy (non-hydrogen) atoms. The van der Waals surface area contributed by atoms with Crippen LogP contribution in [0.5, 0.6) is 5.75 Å². The van der Waals surface area contributed by atoms with Gasteiger partial charge in [-0.05, 0) is 78.9 Å². The van der Waals surface area contributed by atoms with Gasteiger partial charge in [0.05, 0.1) is 23.9 Å². The van der Waals surface area contributed by atoms with E-state index in [4.69, 9.17) is 28.6 Å². The van der Waals surface area contributed by atoms with Gasteiger partial charge in [0.1, 0.15) is 17.6 Å². The number of halogens is 2. The Labute approximate surface area is 201 Å². The molecule has 8 heteroatoms. The molecule has 0 unspecified atom stereocenters. The molecule has 1 saturated heterocycles. The summed E-state index contributed by atoms with van der Waals surface area (Å²) in [5.74, 6) is 0.308. The van der Waals surface area contributed by atoms with Crippen LogP contribution in [0.1, 0.15) is 23.5 Å². The molecule has 0 aliphatic carbocycles. The Kier molecular flexibility index (Phi) is 5.74. The van der Waals surface area contributed by atoms with Crippen molar-refractivity contribution < 1.29 is 9.13 Å². The molecular weight excluding hydrogens is 459 g/mol. The largest absolute Gasteiger partial charge is 0.495 e. The Morgan fingerprint density at radius 1 is 1.03 bits per heavy atom. The number of benzene rings is 2. The van der Waals surface area contributed by atoms with Crippen molar-refractivity contribution in [3.63, 3.8) is 0 Å². The third-order valence-electron chi connectivity index (χ3n) is 5.70. The highest BCUT2D eigenvalue weighted by Crippen LogP contribution is 2.43. The van der Waals surface area contributed by atoms with Gasteiger partial charge in [-0.15, -0.1) is 0 Å². The zero-order valence-electron chi connectivity index (χ0n) is 17.7. The van der Waals surface area contributed by atoms with E-state index >= 15 is 0 Å². The molecule has 5 nitrogen and oxygen atoms in total. The lowest BCUT2D eigenvalue weighted by atomic mass is 10.0. The first-order chi connectivity index (χ1) is 16.1. The van der Waals surface area contributed by atoms with Crippen molar-refractivity contribution in [2.45, 2.75) is 12.1 Å². The van der Waals surface area contributed by atoms with Crippen LogP contribution >= 0.6 is 23.8 Å². The van der Waals surface area contributed by atoms with E-state index in [1.807, 2.05) is 64.2 Å². The molecule has 1 aliphatic rings. The SMILES string of the molecule is COc1ccc(N2C(=S)N[C@H](c3ccccn3)[C@H]2c2cccn2-c2ccc(F)cc2)cc1Cl. The molecule has 2 aromatic carbocycles. The van der Waals surface area contributed by atoms with Gasteiger partial charge in [0.15, 0.2) is 5.11 Å². The molecule has 1 aliphatic heterocycles. The minimum absolute atomic E-state index is 0.214. The number of rotatable bonds is 5. The molecule has 0 radical (unpaired) electrons. The summed E-state index contributed by atoms with van der Waals surface area (Å²) in [6.45, 7) is 0. The lowest BCUT2D eigenvalue weighted by molar-refractivity contribution is 0.415. The van der Waals surface area contributed by atoms with Crippen LogP contribution in [0.15, 0.2) is 85.2 Å². The van der Waals surface area contributed by atoms with E-state index in [1.165, 1.54) is 12.1 Å². The zero-order chi connectivity index (χ0) is 22.9. The van der Waals surface area contributed by atoms with Gasteiger partial charge in [0.25, 0.3) is 0 Å². The molecule has 0 bridgehead atoms. The second-order valence-electron chi connectivity index (χ2n) is 7.59. The van der Waals surface area contributed by atoms with Gasteiger partial charge < -0.3 is 19.5 Å². The number of hydrogen-bond donors (Lipinski definition) is 1. The summed E-state index contributed by atoms with van der Waals surface area (Å²) in [5, 5.41) is 4.49. The van der Waals surface area contributed by atoms with Gasteiger partial charge in [0.2, 0.25) is 0 Å². The van der Waals surface area contributed by atoms with Crippen LogP contribution in [0.25, 0.3) is 5.69 Å². The first-order valence-corrected chi connectivity index (χ1v) is 11.1. The fourth-order valence-electron chi connectivity index (χ4n) is 4.21. The van der Waals surface area contributed by atoms with Gasteiger partial charge >= 0.3 is 0 Å². The van der Waals surface area contributed by atoms with Crippen molar-refractivity contribution >= 4 is 34.6 Å². The molecular formula is C25H20ClFN4OS. The van der Waals surface area contributed by atoms with Gasteiger partial charge in [-0.3, -0.25) is 4.98 Å². The Bertz CT molecular complexity index is 1300. The minimum Gasteiger partial charge on any atom is -0.495 e. The van der Waals surface area contributed by atoms with Crippen molar-refractivity contribution in [3.05, 3.63) is 107 Å². The predicted octanol–water partition coefficient (Wildman–Crippen LogP) is 5.85. The molecule has 3 heterocycles. The third-order valence-corrected chi connectivity index (χ3v) is 6.31. The summed E-state index contributed by atoms with van der Waals surface area (Å²) in [5.41, 5.74) is 3.51. The maximum atomic E-state index is 13.6. The second-order valence-corrected chi connectivity index (χ2v) is 8.39. The van der Waals surface area contributed by atoms with E-state index in [-0.39, 0.29) is 17.9 Å². The van der Waals surface area contributed by atoms with Crippen LogP contribution in [0.2, 0.25) is 5.02 Å². The average molecular weight is 479 g/mol. The topological polar surface area (TPSA) is 42.3 Å². The van der Waals surface area contributed by atoms with Crippen LogP contribution in [-0.4, -0.2) is 21.8 Å². The monoisotopic (exact) mass is 478 g/mol. The number of methoxy groups -OCH3 is 1. The standard InChI is InChI=1S/C25H20ClFN4OS/c1-32-22-12-11-18(15-19(22)26)31-24(23(29-25(31)33)20-5-2-3-13-28-20)21-6-4-14-30(21)17-9-7-16(27)8-10-17/h2-15,23-24H,1H3,(H,29,33)/t23-,24-/m1/s1. The van der Waals surface area contributed by atoms with Crippen LogP contribution in [-0.2, 0) is 0 Å². The highest BCUT2D eigenvalue weighted by Gasteiger charge is 2.42. The van der Waals surface area contributed by atoms with E-state index in [0.717, 1.165) is 22.8 Å². The quantitative estimate of drug-likeness (QED) is 0.364. The number of pyridine rings is 1. The van der Waals surface area contributed by atoms with E-state index in [9.17, 15) is 4.39 Å². The molecule has 0 spiro atoms. The van der Waals surface area contributed by atoms with Crippen molar-refractivity contribution in [3.8, 4) is 11.4 Å². The lowest BCUT2D eigenvalue weighted by Gasteiger charge is -2.29. The van der Waals surface area contributed by atoms with Gasteiger partial charge in [-0.1, -0.05) is 17.7 Å². The van der Waals surface area contributed by atoms with Crippen LogP contribution in [0.3, 0.4) is 0 Å². The number of aromatic nitrogens is 2. The first kappa shape index (κ1) is 21.4. The molecule has 1 fully saturated rings. The summed E-state index contributed by atoms with van der Waals surface area (Å²) in [4.78, 5) is 6.63.